The predicted molar refractivity (Wildman–Crippen MR) is 68.4 cm³/mol. The zero-order valence-electron chi connectivity index (χ0n) is 10.5. The fourth-order valence-electron chi connectivity index (χ4n) is 2.08. The standard InChI is InChI=1S/C14H19NO3/c1-9(14(17)18)11-4-2-10(3-5-11)8-15-12-6-13(16)7-12/h2-5,9,12-13,15-16H,6-8H2,1H3,(H,17,18). The van der Waals surface area contributed by atoms with Crippen molar-refractivity contribution in [3.05, 3.63) is 35.4 Å². The van der Waals surface area contributed by atoms with Gasteiger partial charge < -0.3 is 15.5 Å². The van der Waals surface area contributed by atoms with Crippen molar-refractivity contribution in [3.63, 3.8) is 0 Å². The molecule has 0 spiro atoms. The van der Waals surface area contributed by atoms with Crippen LogP contribution < -0.4 is 5.32 Å². The maximum atomic E-state index is 10.8. The molecule has 1 aliphatic carbocycles. The van der Waals surface area contributed by atoms with Gasteiger partial charge in [0.1, 0.15) is 0 Å². The molecule has 3 N–H and O–H groups in total. The molecule has 1 unspecified atom stereocenters. The van der Waals surface area contributed by atoms with Crippen molar-refractivity contribution >= 4 is 5.97 Å². The minimum Gasteiger partial charge on any atom is -0.481 e. The largest absolute Gasteiger partial charge is 0.481 e. The van der Waals surface area contributed by atoms with Crippen molar-refractivity contribution < 1.29 is 15.0 Å². The van der Waals surface area contributed by atoms with Crippen LogP contribution in [0.2, 0.25) is 0 Å². The number of carbonyl (C=O) groups is 1. The number of aliphatic hydroxyl groups excluding tert-OH is 1. The SMILES string of the molecule is CC(C(=O)O)c1ccc(CNC2CC(O)C2)cc1. The van der Waals surface area contributed by atoms with Gasteiger partial charge in [0, 0.05) is 12.6 Å². The van der Waals surface area contributed by atoms with Crippen LogP contribution in [0.1, 0.15) is 36.8 Å². The summed E-state index contributed by atoms with van der Waals surface area (Å²) in [7, 11) is 0. The number of rotatable bonds is 5. The summed E-state index contributed by atoms with van der Waals surface area (Å²) >= 11 is 0. The van der Waals surface area contributed by atoms with E-state index in [4.69, 9.17) is 10.2 Å². The number of hydrogen-bond acceptors (Lipinski definition) is 3. The Balaban J connectivity index is 1.85. The van der Waals surface area contributed by atoms with E-state index in [0.29, 0.717) is 6.04 Å². The minimum atomic E-state index is -0.802. The molecule has 1 aromatic carbocycles. The highest BCUT2D eigenvalue weighted by Crippen LogP contribution is 2.20. The highest BCUT2D eigenvalue weighted by molar-refractivity contribution is 5.75. The molecule has 1 saturated carbocycles. The molecule has 0 saturated heterocycles. The molecular weight excluding hydrogens is 230 g/mol. The number of aliphatic hydroxyl groups is 1. The molecule has 0 bridgehead atoms. The van der Waals surface area contributed by atoms with Gasteiger partial charge in [0.25, 0.3) is 0 Å². The number of carboxylic acids is 1. The molecule has 98 valence electrons. The van der Waals surface area contributed by atoms with E-state index in [-0.39, 0.29) is 6.10 Å². The first-order valence-corrected chi connectivity index (χ1v) is 6.29. The number of benzene rings is 1. The van der Waals surface area contributed by atoms with Crippen LogP contribution in [-0.4, -0.2) is 28.3 Å². The topological polar surface area (TPSA) is 69.6 Å². The Kier molecular flexibility index (Phi) is 3.99. The van der Waals surface area contributed by atoms with Crippen molar-refractivity contribution in [1.82, 2.24) is 5.32 Å². The summed E-state index contributed by atoms with van der Waals surface area (Å²) in [5, 5.41) is 21.4. The van der Waals surface area contributed by atoms with Gasteiger partial charge in [-0.15, -0.1) is 0 Å². The van der Waals surface area contributed by atoms with Gasteiger partial charge in [-0.1, -0.05) is 24.3 Å². The molecule has 1 atom stereocenters. The van der Waals surface area contributed by atoms with E-state index < -0.39 is 11.9 Å². The highest BCUT2D eigenvalue weighted by atomic mass is 16.4. The van der Waals surface area contributed by atoms with Crippen LogP contribution in [0, 0.1) is 0 Å². The first-order valence-electron chi connectivity index (χ1n) is 6.29. The van der Waals surface area contributed by atoms with Gasteiger partial charge in [0.15, 0.2) is 0 Å². The number of carboxylic acid groups (broad SMARTS) is 1. The lowest BCUT2D eigenvalue weighted by atomic mass is 9.89. The smallest absolute Gasteiger partial charge is 0.310 e. The Bertz CT molecular complexity index is 410. The van der Waals surface area contributed by atoms with Gasteiger partial charge in [-0.25, -0.2) is 0 Å². The molecule has 4 heteroatoms. The molecule has 0 heterocycles. The van der Waals surface area contributed by atoms with Crippen molar-refractivity contribution in [2.75, 3.05) is 0 Å². The van der Waals surface area contributed by atoms with Crippen LogP contribution in [0.3, 0.4) is 0 Å². The third-order valence-corrected chi connectivity index (χ3v) is 3.56. The van der Waals surface area contributed by atoms with Crippen LogP contribution in [0.4, 0.5) is 0 Å². The van der Waals surface area contributed by atoms with E-state index in [0.717, 1.165) is 30.5 Å². The van der Waals surface area contributed by atoms with Gasteiger partial charge in [-0.05, 0) is 30.9 Å². The summed E-state index contributed by atoms with van der Waals surface area (Å²) < 4.78 is 0. The van der Waals surface area contributed by atoms with Crippen LogP contribution in [-0.2, 0) is 11.3 Å². The molecule has 2 rings (SSSR count). The van der Waals surface area contributed by atoms with E-state index in [1.807, 2.05) is 24.3 Å². The third kappa shape index (κ3) is 3.09. The molecule has 18 heavy (non-hydrogen) atoms. The zero-order chi connectivity index (χ0) is 13.1. The Hall–Kier alpha value is -1.39. The van der Waals surface area contributed by atoms with Gasteiger partial charge in [-0.3, -0.25) is 4.79 Å². The van der Waals surface area contributed by atoms with Crippen molar-refractivity contribution in [2.24, 2.45) is 0 Å². The molecule has 1 aromatic rings. The Morgan fingerprint density at radius 1 is 1.39 bits per heavy atom. The first-order chi connectivity index (χ1) is 8.56. The normalized spacial score (nSPS) is 24.3. The fourth-order valence-corrected chi connectivity index (χ4v) is 2.08. The molecule has 0 aromatic heterocycles. The first kappa shape index (κ1) is 13.1. The molecular formula is C14H19NO3. The Labute approximate surface area is 107 Å². The maximum Gasteiger partial charge on any atom is 0.310 e. The quantitative estimate of drug-likeness (QED) is 0.739. The molecule has 0 radical (unpaired) electrons. The summed E-state index contributed by atoms with van der Waals surface area (Å²) in [6.45, 7) is 2.45. The number of hydrogen-bond donors (Lipinski definition) is 3. The average Bonchev–Trinajstić information content (AvgIpc) is 2.33. The second-order valence-corrected chi connectivity index (χ2v) is 5.00. The zero-order valence-corrected chi connectivity index (χ0v) is 10.5. The monoisotopic (exact) mass is 249 g/mol. The van der Waals surface area contributed by atoms with Crippen LogP contribution in [0.5, 0.6) is 0 Å². The fraction of sp³-hybridized carbons (Fsp3) is 0.500. The Morgan fingerprint density at radius 2 is 2.00 bits per heavy atom. The summed E-state index contributed by atoms with van der Waals surface area (Å²) in [6, 6.07) is 8.06. The molecule has 4 nitrogen and oxygen atoms in total. The van der Waals surface area contributed by atoms with E-state index in [1.54, 1.807) is 6.92 Å². The van der Waals surface area contributed by atoms with Crippen molar-refractivity contribution in [2.45, 2.75) is 44.4 Å². The Morgan fingerprint density at radius 3 is 2.50 bits per heavy atom. The minimum absolute atomic E-state index is 0.138. The molecule has 0 amide bonds. The summed E-state index contributed by atoms with van der Waals surface area (Å²) in [4.78, 5) is 10.8. The van der Waals surface area contributed by atoms with E-state index in [2.05, 4.69) is 5.32 Å². The average molecular weight is 249 g/mol. The van der Waals surface area contributed by atoms with E-state index >= 15 is 0 Å². The predicted octanol–water partition coefficient (Wildman–Crippen LogP) is 1.49. The van der Waals surface area contributed by atoms with E-state index in [1.165, 1.54) is 0 Å². The van der Waals surface area contributed by atoms with Crippen molar-refractivity contribution in [1.29, 1.82) is 0 Å². The van der Waals surface area contributed by atoms with Gasteiger partial charge in [-0.2, -0.15) is 0 Å². The lowest BCUT2D eigenvalue weighted by Crippen LogP contribution is -2.43. The lowest BCUT2D eigenvalue weighted by molar-refractivity contribution is -0.138. The summed E-state index contributed by atoms with van der Waals surface area (Å²) in [5.41, 5.74) is 1.96. The number of nitrogens with one attached hydrogen (secondary N) is 1. The maximum absolute atomic E-state index is 10.8. The van der Waals surface area contributed by atoms with Gasteiger partial charge >= 0.3 is 5.97 Å². The summed E-state index contributed by atoms with van der Waals surface area (Å²) in [5.74, 6) is -1.27. The summed E-state index contributed by atoms with van der Waals surface area (Å²) in [6.07, 6.45) is 1.52. The van der Waals surface area contributed by atoms with Crippen LogP contribution in [0.15, 0.2) is 24.3 Å². The third-order valence-electron chi connectivity index (χ3n) is 3.56. The van der Waals surface area contributed by atoms with Gasteiger partial charge in [0.2, 0.25) is 0 Å². The van der Waals surface area contributed by atoms with Crippen molar-refractivity contribution in [3.8, 4) is 0 Å². The molecule has 1 fully saturated rings. The number of aliphatic carboxylic acids is 1. The lowest BCUT2D eigenvalue weighted by Gasteiger charge is -2.32. The van der Waals surface area contributed by atoms with Crippen LogP contribution in [0.25, 0.3) is 0 Å². The van der Waals surface area contributed by atoms with Gasteiger partial charge in [0.05, 0.1) is 12.0 Å². The highest BCUT2D eigenvalue weighted by Gasteiger charge is 2.26. The molecule has 1 aliphatic rings. The van der Waals surface area contributed by atoms with E-state index in [9.17, 15) is 4.79 Å². The molecule has 0 aliphatic heterocycles. The second kappa shape index (κ2) is 5.50. The van der Waals surface area contributed by atoms with Crippen LogP contribution >= 0.6 is 0 Å². The second-order valence-electron chi connectivity index (χ2n) is 5.00.